The topological polar surface area (TPSA) is 68.0 Å². The lowest BCUT2D eigenvalue weighted by Gasteiger charge is -2.07. The van der Waals surface area contributed by atoms with Gasteiger partial charge in [0.2, 0.25) is 0 Å². The monoisotopic (exact) mass is 325 g/mol. The summed E-state index contributed by atoms with van der Waals surface area (Å²) in [6.07, 6.45) is 0. The van der Waals surface area contributed by atoms with Crippen LogP contribution in [0.5, 0.6) is 0 Å². The van der Waals surface area contributed by atoms with Crippen molar-refractivity contribution in [1.29, 1.82) is 0 Å². The van der Waals surface area contributed by atoms with Crippen LogP contribution in [0.1, 0.15) is 10.5 Å². The van der Waals surface area contributed by atoms with E-state index >= 15 is 0 Å². The van der Waals surface area contributed by atoms with Crippen molar-refractivity contribution in [2.24, 2.45) is 0 Å². The van der Waals surface area contributed by atoms with Crippen LogP contribution in [0.15, 0.2) is 40.9 Å². The lowest BCUT2D eigenvalue weighted by molar-refractivity contribution is 0.102. The molecule has 1 aromatic carbocycles. The molecule has 0 unspecified atom stereocenters. The minimum Gasteiger partial charge on any atom is -0.384 e. The zero-order chi connectivity index (χ0) is 13.1. The molecule has 2 rings (SSSR count). The number of nitrogen functional groups attached to an aromatic ring is 1. The van der Waals surface area contributed by atoms with Gasteiger partial charge in [-0.3, -0.25) is 4.79 Å². The van der Waals surface area contributed by atoms with Crippen molar-refractivity contribution in [3.8, 4) is 0 Å². The Morgan fingerprint density at radius 3 is 2.78 bits per heavy atom. The summed E-state index contributed by atoms with van der Waals surface area (Å²) in [5, 5.41) is 3.30. The van der Waals surface area contributed by atoms with Gasteiger partial charge < -0.3 is 11.1 Å². The van der Waals surface area contributed by atoms with E-state index in [1.807, 2.05) is 0 Å². The Bertz CT molecular complexity index is 604. The number of halogens is 2. The molecule has 1 aromatic heterocycles. The normalized spacial score (nSPS) is 10.1. The van der Waals surface area contributed by atoms with Crippen LogP contribution in [0.25, 0.3) is 0 Å². The van der Waals surface area contributed by atoms with Gasteiger partial charge in [0.15, 0.2) is 0 Å². The number of aromatic nitrogens is 1. The Hall–Kier alpha value is -1.59. The first-order valence-electron chi connectivity index (χ1n) is 5.05. The first-order valence-corrected chi connectivity index (χ1v) is 6.22. The van der Waals surface area contributed by atoms with Gasteiger partial charge in [0.1, 0.15) is 11.5 Å². The molecule has 3 N–H and O–H groups in total. The highest BCUT2D eigenvalue weighted by Crippen LogP contribution is 2.26. The third-order valence-electron chi connectivity index (χ3n) is 2.18. The average Bonchev–Trinajstić information content (AvgIpc) is 2.32. The maximum Gasteiger partial charge on any atom is 0.274 e. The van der Waals surface area contributed by atoms with Crippen LogP contribution in [0.4, 0.5) is 11.5 Å². The molecule has 0 aliphatic rings. The molecule has 6 heteroatoms. The summed E-state index contributed by atoms with van der Waals surface area (Å²) in [4.78, 5) is 15.9. The van der Waals surface area contributed by atoms with Crippen molar-refractivity contribution in [3.63, 3.8) is 0 Å². The number of nitrogens with zero attached hydrogens (tertiary/aromatic N) is 1. The van der Waals surface area contributed by atoms with Gasteiger partial charge in [0.25, 0.3) is 5.91 Å². The van der Waals surface area contributed by atoms with Gasteiger partial charge in [-0.25, -0.2) is 4.98 Å². The molecule has 0 saturated heterocycles. The molecule has 0 aliphatic carbocycles. The highest BCUT2D eigenvalue weighted by Gasteiger charge is 2.09. The van der Waals surface area contributed by atoms with Gasteiger partial charge in [0.05, 0.1) is 5.69 Å². The number of nitrogens with two attached hydrogens (primary N) is 1. The zero-order valence-electron chi connectivity index (χ0n) is 9.15. The number of amides is 1. The first kappa shape index (κ1) is 12.9. The minimum absolute atomic E-state index is 0.261. The Morgan fingerprint density at radius 1 is 1.33 bits per heavy atom. The molecule has 4 nitrogen and oxygen atoms in total. The van der Waals surface area contributed by atoms with E-state index in [0.717, 1.165) is 0 Å². The fourth-order valence-corrected chi connectivity index (χ4v) is 2.14. The molecular formula is C12H9BrClN3O. The van der Waals surface area contributed by atoms with Crippen molar-refractivity contribution < 1.29 is 4.79 Å². The Balaban J connectivity index is 2.21. The van der Waals surface area contributed by atoms with Crippen molar-refractivity contribution in [2.45, 2.75) is 0 Å². The predicted molar refractivity (Wildman–Crippen MR) is 75.8 cm³/mol. The van der Waals surface area contributed by atoms with Crippen molar-refractivity contribution in [1.82, 2.24) is 4.98 Å². The highest BCUT2D eigenvalue weighted by molar-refractivity contribution is 9.10. The quantitative estimate of drug-likeness (QED) is 0.889. The third-order valence-corrected chi connectivity index (χ3v) is 3.07. The van der Waals surface area contributed by atoms with E-state index in [9.17, 15) is 4.79 Å². The van der Waals surface area contributed by atoms with E-state index in [-0.39, 0.29) is 11.6 Å². The Labute approximate surface area is 117 Å². The second-order valence-corrected chi connectivity index (χ2v) is 4.82. The van der Waals surface area contributed by atoms with Crippen molar-refractivity contribution in [2.75, 3.05) is 11.1 Å². The van der Waals surface area contributed by atoms with Crippen LogP contribution in [0.3, 0.4) is 0 Å². The maximum absolute atomic E-state index is 11.9. The van der Waals surface area contributed by atoms with Gasteiger partial charge in [-0.2, -0.15) is 0 Å². The third kappa shape index (κ3) is 3.00. The van der Waals surface area contributed by atoms with Crippen molar-refractivity contribution >= 4 is 44.9 Å². The van der Waals surface area contributed by atoms with E-state index in [1.165, 1.54) is 0 Å². The average molecular weight is 327 g/mol. The summed E-state index contributed by atoms with van der Waals surface area (Å²) < 4.78 is 0.701. The van der Waals surface area contributed by atoms with Gasteiger partial charge in [-0.1, -0.05) is 17.7 Å². The summed E-state index contributed by atoms with van der Waals surface area (Å²) in [6, 6.07) is 9.98. The maximum atomic E-state index is 11.9. The second kappa shape index (κ2) is 5.37. The molecule has 0 saturated carbocycles. The minimum atomic E-state index is -0.328. The van der Waals surface area contributed by atoms with Gasteiger partial charge >= 0.3 is 0 Å². The standard InChI is InChI=1S/C12H9BrClN3O/c13-8-6-7(14)4-5-9(8)17-12(18)10-2-1-3-11(15)16-10/h1-6H,(H2,15,16)(H,17,18). The zero-order valence-corrected chi connectivity index (χ0v) is 11.5. The van der Waals surface area contributed by atoms with E-state index < -0.39 is 0 Å². The second-order valence-electron chi connectivity index (χ2n) is 3.53. The summed E-state index contributed by atoms with van der Waals surface area (Å²) in [7, 11) is 0. The molecule has 0 fully saturated rings. The molecule has 18 heavy (non-hydrogen) atoms. The molecule has 2 aromatic rings. The summed E-state index contributed by atoms with van der Waals surface area (Å²) >= 11 is 9.14. The number of rotatable bonds is 2. The number of pyridine rings is 1. The lowest BCUT2D eigenvalue weighted by atomic mass is 10.3. The fraction of sp³-hybridized carbons (Fsp3) is 0. The fourth-order valence-electron chi connectivity index (χ4n) is 1.36. The van der Waals surface area contributed by atoms with Crippen LogP contribution in [-0.4, -0.2) is 10.9 Å². The number of carbonyl (C=O) groups is 1. The number of hydrogen-bond acceptors (Lipinski definition) is 3. The number of carbonyl (C=O) groups excluding carboxylic acids is 1. The van der Waals surface area contributed by atoms with Crippen LogP contribution in [0, 0.1) is 0 Å². The molecule has 0 radical (unpaired) electrons. The smallest absolute Gasteiger partial charge is 0.274 e. The van der Waals surface area contributed by atoms with Gasteiger partial charge in [0, 0.05) is 9.50 Å². The van der Waals surface area contributed by atoms with E-state index in [2.05, 4.69) is 26.2 Å². The van der Waals surface area contributed by atoms with E-state index in [4.69, 9.17) is 17.3 Å². The van der Waals surface area contributed by atoms with Crippen LogP contribution >= 0.6 is 27.5 Å². The number of benzene rings is 1. The molecule has 0 spiro atoms. The van der Waals surface area contributed by atoms with Crippen LogP contribution < -0.4 is 11.1 Å². The van der Waals surface area contributed by atoms with Crippen LogP contribution in [0.2, 0.25) is 5.02 Å². The Morgan fingerprint density at radius 2 is 2.11 bits per heavy atom. The number of hydrogen-bond donors (Lipinski definition) is 2. The number of anilines is 2. The van der Waals surface area contributed by atoms with Crippen molar-refractivity contribution in [3.05, 3.63) is 51.6 Å². The number of nitrogens with one attached hydrogen (secondary N) is 1. The molecule has 1 amide bonds. The summed E-state index contributed by atoms with van der Waals surface area (Å²) in [5.41, 5.74) is 6.40. The SMILES string of the molecule is Nc1cccc(C(=O)Nc2ccc(Cl)cc2Br)n1. The molecule has 0 atom stereocenters. The molecular weight excluding hydrogens is 318 g/mol. The molecule has 92 valence electrons. The summed E-state index contributed by atoms with van der Waals surface area (Å²) in [5.74, 6) is -0.0249. The summed E-state index contributed by atoms with van der Waals surface area (Å²) in [6.45, 7) is 0. The van der Waals surface area contributed by atoms with E-state index in [1.54, 1.807) is 36.4 Å². The largest absolute Gasteiger partial charge is 0.384 e. The highest BCUT2D eigenvalue weighted by atomic mass is 79.9. The van der Waals surface area contributed by atoms with Crippen LogP contribution in [-0.2, 0) is 0 Å². The molecule has 0 bridgehead atoms. The predicted octanol–water partition coefficient (Wildman–Crippen LogP) is 3.33. The Kier molecular flexibility index (Phi) is 3.84. The van der Waals surface area contributed by atoms with E-state index in [0.29, 0.717) is 21.0 Å². The molecule has 0 aliphatic heterocycles. The van der Waals surface area contributed by atoms with Gasteiger partial charge in [-0.05, 0) is 46.3 Å². The lowest BCUT2D eigenvalue weighted by Crippen LogP contribution is -2.14. The first-order chi connectivity index (χ1) is 8.56. The van der Waals surface area contributed by atoms with Gasteiger partial charge in [-0.15, -0.1) is 0 Å². The molecule has 1 heterocycles.